The molecule has 3 rings (SSSR count). The molecule has 2 aromatic rings. The van der Waals surface area contributed by atoms with E-state index in [0.29, 0.717) is 61.0 Å². The van der Waals surface area contributed by atoms with Crippen LogP contribution in [-0.2, 0) is 9.59 Å². The minimum Gasteiger partial charge on any atom is -0.493 e. The van der Waals surface area contributed by atoms with Crippen LogP contribution in [0.5, 0.6) is 23.0 Å². The second-order valence-corrected chi connectivity index (χ2v) is 8.21. The Hall–Kier alpha value is -3.68. The van der Waals surface area contributed by atoms with E-state index >= 15 is 0 Å². The summed E-state index contributed by atoms with van der Waals surface area (Å²) in [6, 6.07) is 10.7. The Kier molecular flexibility index (Phi) is 8.79. The second-order valence-electron chi connectivity index (χ2n) is 8.21. The number of likely N-dealkylation sites (N-methyl/N-ethyl adjacent to an activating group) is 1. The van der Waals surface area contributed by atoms with Crippen molar-refractivity contribution in [3.63, 3.8) is 0 Å². The maximum absolute atomic E-state index is 12.7. The van der Waals surface area contributed by atoms with Crippen LogP contribution in [0.25, 0.3) is 6.08 Å². The highest BCUT2D eigenvalue weighted by molar-refractivity contribution is 5.98. The number of nitrogens with one attached hydrogen (secondary N) is 1. The van der Waals surface area contributed by atoms with Crippen LogP contribution in [0.3, 0.4) is 0 Å². The van der Waals surface area contributed by atoms with Crippen LogP contribution in [0.4, 0.5) is 5.69 Å². The van der Waals surface area contributed by atoms with E-state index in [1.807, 2.05) is 25.1 Å². The summed E-state index contributed by atoms with van der Waals surface area (Å²) in [5.41, 5.74) is 1.37. The molecular formula is C26H32N2O6. The standard InChI is InChI=1S/C26H32N2O6/c1-5-28(16-25(29)27-20-8-10-22-24(15-20)33-13-12-32-22)26(30)11-7-19-6-9-21(23(14-19)31-4)34-17-18(2)3/h6-11,14-15,18H,5,12-13,16-17H2,1-4H3,(H,27,29)/b11-7+. The molecule has 8 nitrogen and oxygen atoms in total. The van der Waals surface area contributed by atoms with Crippen LogP contribution in [0, 0.1) is 5.92 Å². The fourth-order valence-corrected chi connectivity index (χ4v) is 3.28. The SMILES string of the molecule is CCN(CC(=O)Nc1ccc2c(c1)OCCO2)C(=O)/C=C/c1ccc(OCC(C)C)c(OC)c1. The molecule has 34 heavy (non-hydrogen) atoms. The van der Waals surface area contributed by atoms with Gasteiger partial charge in [0, 0.05) is 24.4 Å². The average molecular weight is 469 g/mol. The number of hydrogen-bond acceptors (Lipinski definition) is 6. The largest absolute Gasteiger partial charge is 0.493 e. The topological polar surface area (TPSA) is 86.3 Å². The van der Waals surface area contributed by atoms with Gasteiger partial charge >= 0.3 is 0 Å². The van der Waals surface area contributed by atoms with Crippen LogP contribution in [-0.4, -0.2) is 56.7 Å². The Morgan fingerprint density at radius 2 is 1.85 bits per heavy atom. The zero-order valence-corrected chi connectivity index (χ0v) is 20.1. The van der Waals surface area contributed by atoms with Gasteiger partial charge in [0.25, 0.3) is 0 Å². The van der Waals surface area contributed by atoms with Crippen LogP contribution in [0.2, 0.25) is 0 Å². The molecule has 0 radical (unpaired) electrons. The molecule has 0 spiro atoms. The third-order valence-electron chi connectivity index (χ3n) is 5.03. The highest BCUT2D eigenvalue weighted by Gasteiger charge is 2.16. The molecule has 182 valence electrons. The molecule has 0 saturated carbocycles. The number of methoxy groups -OCH3 is 1. The van der Waals surface area contributed by atoms with Gasteiger partial charge in [-0.3, -0.25) is 9.59 Å². The van der Waals surface area contributed by atoms with Gasteiger partial charge < -0.3 is 29.2 Å². The number of benzene rings is 2. The summed E-state index contributed by atoms with van der Waals surface area (Å²) in [7, 11) is 1.58. The summed E-state index contributed by atoms with van der Waals surface area (Å²) < 4.78 is 22.2. The first-order valence-electron chi connectivity index (χ1n) is 11.4. The lowest BCUT2D eigenvalue weighted by atomic mass is 10.1. The predicted molar refractivity (Wildman–Crippen MR) is 131 cm³/mol. The number of nitrogens with zero attached hydrogens (tertiary/aromatic N) is 1. The van der Waals surface area contributed by atoms with Gasteiger partial charge in [-0.1, -0.05) is 19.9 Å². The third kappa shape index (κ3) is 6.91. The number of fused-ring (bicyclic) bond motifs is 1. The molecule has 2 aromatic carbocycles. The van der Waals surface area contributed by atoms with Gasteiger partial charge in [-0.25, -0.2) is 0 Å². The van der Waals surface area contributed by atoms with Crippen molar-refractivity contribution < 1.29 is 28.5 Å². The molecule has 0 aliphatic carbocycles. The van der Waals surface area contributed by atoms with E-state index in [0.717, 1.165) is 5.56 Å². The molecule has 0 fully saturated rings. The molecule has 0 saturated heterocycles. The highest BCUT2D eigenvalue weighted by atomic mass is 16.6. The summed E-state index contributed by atoms with van der Waals surface area (Å²) in [4.78, 5) is 26.7. The Bertz CT molecular complexity index is 1030. The number of hydrogen-bond donors (Lipinski definition) is 1. The van der Waals surface area contributed by atoms with Gasteiger partial charge in [-0.15, -0.1) is 0 Å². The first-order valence-corrected chi connectivity index (χ1v) is 11.4. The van der Waals surface area contributed by atoms with Gasteiger partial charge in [-0.2, -0.15) is 0 Å². The first kappa shape index (κ1) is 25.0. The fraction of sp³-hybridized carbons (Fsp3) is 0.385. The third-order valence-corrected chi connectivity index (χ3v) is 5.03. The van der Waals surface area contributed by atoms with Crippen molar-refractivity contribution in [2.75, 3.05) is 45.3 Å². The number of carbonyl (C=O) groups excluding carboxylic acids is 2. The molecule has 8 heteroatoms. The summed E-state index contributed by atoms with van der Waals surface area (Å²) in [6.07, 6.45) is 3.14. The van der Waals surface area contributed by atoms with Crippen molar-refractivity contribution >= 4 is 23.6 Å². The second kappa shape index (κ2) is 12.0. The first-order chi connectivity index (χ1) is 16.4. The minimum absolute atomic E-state index is 0.0700. The minimum atomic E-state index is -0.298. The quantitative estimate of drug-likeness (QED) is 0.531. The lowest BCUT2D eigenvalue weighted by molar-refractivity contribution is -0.130. The highest BCUT2D eigenvalue weighted by Crippen LogP contribution is 2.32. The smallest absolute Gasteiger partial charge is 0.247 e. The Morgan fingerprint density at radius 1 is 1.09 bits per heavy atom. The van der Waals surface area contributed by atoms with E-state index in [-0.39, 0.29) is 18.4 Å². The van der Waals surface area contributed by atoms with Crippen LogP contribution in [0.1, 0.15) is 26.3 Å². The van der Waals surface area contributed by atoms with Crippen molar-refractivity contribution in [2.45, 2.75) is 20.8 Å². The monoisotopic (exact) mass is 468 g/mol. The maximum atomic E-state index is 12.7. The zero-order chi connectivity index (χ0) is 24.5. The lowest BCUT2D eigenvalue weighted by Crippen LogP contribution is -2.36. The molecule has 1 aliphatic rings. The Morgan fingerprint density at radius 3 is 2.56 bits per heavy atom. The molecule has 0 bridgehead atoms. The fourth-order valence-electron chi connectivity index (χ4n) is 3.28. The van der Waals surface area contributed by atoms with Gasteiger partial charge in [0.1, 0.15) is 19.8 Å². The number of rotatable bonds is 10. The summed E-state index contributed by atoms with van der Waals surface area (Å²) in [5, 5.41) is 2.80. The molecule has 1 N–H and O–H groups in total. The Balaban J connectivity index is 1.59. The van der Waals surface area contributed by atoms with E-state index in [1.165, 1.54) is 11.0 Å². The predicted octanol–water partition coefficient (Wildman–Crippen LogP) is 4.00. The van der Waals surface area contributed by atoms with Gasteiger partial charge in [0.2, 0.25) is 11.8 Å². The Labute approximate surface area is 200 Å². The number of anilines is 1. The normalized spacial score (nSPS) is 12.5. The van der Waals surface area contributed by atoms with Gasteiger partial charge in [-0.05, 0) is 48.7 Å². The molecule has 0 atom stereocenters. The zero-order valence-electron chi connectivity index (χ0n) is 20.1. The summed E-state index contributed by atoms with van der Waals surface area (Å²) >= 11 is 0. The molecular weight excluding hydrogens is 436 g/mol. The number of carbonyl (C=O) groups is 2. The van der Waals surface area contributed by atoms with Crippen LogP contribution >= 0.6 is 0 Å². The van der Waals surface area contributed by atoms with Crippen molar-refractivity contribution in [3.8, 4) is 23.0 Å². The number of amides is 2. The average Bonchev–Trinajstić information content (AvgIpc) is 2.84. The molecule has 1 heterocycles. The lowest BCUT2D eigenvalue weighted by Gasteiger charge is -2.20. The van der Waals surface area contributed by atoms with E-state index in [9.17, 15) is 9.59 Å². The molecule has 1 aliphatic heterocycles. The van der Waals surface area contributed by atoms with Gasteiger partial charge in [0.15, 0.2) is 23.0 Å². The van der Waals surface area contributed by atoms with Crippen molar-refractivity contribution in [3.05, 3.63) is 48.0 Å². The van der Waals surface area contributed by atoms with E-state index in [2.05, 4.69) is 19.2 Å². The van der Waals surface area contributed by atoms with Crippen molar-refractivity contribution in [1.82, 2.24) is 4.90 Å². The van der Waals surface area contributed by atoms with E-state index < -0.39 is 0 Å². The maximum Gasteiger partial charge on any atom is 0.247 e. The van der Waals surface area contributed by atoms with Crippen LogP contribution in [0.15, 0.2) is 42.5 Å². The van der Waals surface area contributed by atoms with Crippen molar-refractivity contribution in [1.29, 1.82) is 0 Å². The van der Waals surface area contributed by atoms with Gasteiger partial charge in [0.05, 0.1) is 13.7 Å². The van der Waals surface area contributed by atoms with Crippen molar-refractivity contribution in [2.24, 2.45) is 5.92 Å². The molecule has 2 amide bonds. The summed E-state index contributed by atoms with van der Waals surface area (Å²) in [6.45, 7) is 7.85. The summed E-state index contributed by atoms with van der Waals surface area (Å²) in [5.74, 6) is 2.33. The molecule has 0 aromatic heterocycles. The van der Waals surface area contributed by atoms with E-state index in [1.54, 1.807) is 31.4 Å². The number of ether oxygens (including phenoxy) is 4. The van der Waals surface area contributed by atoms with Crippen LogP contribution < -0.4 is 24.3 Å². The van der Waals surface area contributed by atoms with E-state index in [4.69, 9.17) is 18.9 Å². The molecule has 0 unspecified atom stereocenters.